The summed E-state index contributed by atoms with van der Waals surface area (Å²) in [6.07, 6.45) is -4.07. The molecular formula is C40H49ClF3N5O7S. The third kappa shape index (κ3) is 12.2. The van der Waals surface area contributed by atoms with Crippen molar-refractivity contribution in [1.29, 1.82) is 0 Å². The highest BCUT2D eigenvalue weighted by molar-refractivity contribution is 7.89. The second-order valence-corrected chi connectivity index (χ2v) is 18.0. The Labute approximate surface area is 336 Å². The topological polar surface area (TPSA) is 131 Å². The molecule has 1 aliphatic rings. The lowest BCUT2D eigenvalue weighted by Gasteiger charge is -2.34. The standard InChI is InChI=1S/C40H49ClF3N5O7S/c1-38(2,3)55-36(50)45-16-9-17-48-26-33(31-14-12-29(54-40(42,43)44)22-28(31)24-46-37(51)56-39(4,5)6)32-23-30(13-15-35(32)48)57(52,53)49-20-18-47(19-21-49)25-27-10-7-8-11-34(27)41/h7-8,10-15,22-23,26H,9,16-21,24-25H2,1-6H3,(H,45,50)(H,46,51). The molecule has 0 unspecified atom stereocenters. The average Bonchev–Trinajstić information content (AvgIpc) is 3.46. The molecule has 12 nitrogen and oxygen atoms in total. The molecule has 1 saturated heterocycles. The fourth-order valence-corrected chi connectivity index (χ4v) is 8.04. The molecule has 1 aromatic heterocycles. The number of benzene rings is 3. The molecule has 0 saturated carbocycles. The number of nitrogens with one attached hydrogen (secondary N) is 2. The van der Waals surface area contributed by atoms with E-state index in [0.29, 0.717) is 59.7 Å². The first-order chi connectivity index (χ1) is 26.6. The summed E-state index contributed by atoms with van der Waals surface area (Å²) < 4.78 is 86.5. The van der Waals surface area contributed by atoms with Crippen LogP contribution in [0.15, 0.2) is 71.8 Å². The van der Waals surface area contributed by atoms with Crippen LogP contribution >= 0.6 is 11.6 Å². The molecule has 3 aromatic carbocycles. The Hall–Kier alpha value is -4.51. The number of rotatable bonds is 12. The number of halogens is 4. The molecule has 0 bridgehead atoms. The van der Waals surface area contributed by atoms with Gasteiger partial charge >= 0.3 is 18.5 Å². The van der Waals surface area contributed by atoms with Crippen LogP contribution in [0.1, 0.15) is 59.1 Å². The van der Waals surface area contributed by atoms with Crippen LogP contribution in [0.5, 0.6) is 5.75 Å². The number of carbonyl (C=O) groups excluding carboxylic acids is 2. The molecule has 0 aliphatic carbocycles. The van der Waals surface area contributed by atoms with Crippen LogP contribution in [0.3, 0.4) is 0 Å². The van der Waals surface area contributed by atoms with Crippen LogP contribution in [-0.2, 0) is 39.1 Å². The largest absolute Gasteiger partial charge is 0.573 e. The first kappa shape index (κ1) is 43.6. The van der Waals surface area contributed by atoms with Gasteiger partial charge in [0.15, 0.2) is 0 Å². The van der Waals surface area contributed by atoms with Crippen molar-refractivity contribution in [3.05, 3.63) is 83.0 Å². The first-order valence-corrected chi connectivity index (χ1v) is 20.3. The second kappa shape index (κ2) is 17.5. The van der Waals surface area contributed by atoms with E-state index in [1.54, 1.807) is 59.9 Å². The molecule has 4 aromatic rings. The number of nitrogens with zero attached hydrogens (tertiary/aromatic N) is 3. The molecule has 2 N–H and O–H groups in total. The molecule has 0 spiro atoms. The lowest BCUT2D eigenvalue weighted by Crippen LogP contribution is -2.48. The van der Waals surface area contributed by atoms with E-state index in [1.807, 2.05) is 28.8 Å². The van der Waals surface area contributed by atoms with Gasteiger partial charge in [0.1, 0.15) is 17.0 Å². The van der Waals surface area contributed by atoms with Gasteiger partial charge in [-0.15, -0.1) is 13.2 Å². The van der Waals surface area contributed by atoms with Gasteiger partial charge in [-0.1, -0.05) is 35.9 Å². The Balaban J connectivity index is 1.48. The van der Waals surface area contributed by atoms with Crippen molar-refractivity contribution in [2.45, 2.75) is 90.1 Å². The molecule has 1 aliphatic heterocycles. The van der Waals surface area contributed by atoms with E-state index in [9.17, 15) is 31.2 Å². The molecule has 5 rings (SSSR count). The zero-order valence-electron chi connectivity index (χ0n) is 32.8. The van der Waals surface area contributed by atoms with Crippen LogP contribution in [0.25, 0.3) is 22.0 Å². The molecule has 310 valence electrons. The summed E-state index contributed by atoms with van der Waals surface area (Å²) in [5.41, 5.74) is 1.30. The highest BCUT2D eigenvalue weighted by Crippen LogP contribution is 2.37. The number of hydrogen-bond acceptors (Lipinski definition) is 8. The molecule has 1 fully saturated rings. The molecule has 2 heterocycles. The Morgan fingerprint density at radius 1 is 0.807 bits per heavy atom. The van der Waals surface area contributed by atoms with E-state index >= 15 is 0 Å². The van der Waals surface area contributed by atoms with Gasteiger partial charge in [0.25, 0.3) is 0 Å². The van der Waals surface area contributed by atoms with Gasteiger partial charge in [-0.2, -0.15) is 4.31 Å². The summed E-state index contributed by atoms with van der Waals surface area (Å²) in [4.78, 5) is 27.1. The molecule has 0 atom stereocenters. The van der Waals surface area contributed by atoms with Gasteiger partial charge in [-0.25, -0.2) is 18.0 Å². The van der Waals surface area contributed by atoms with Crippen LogP contribution in [-0.4, -0.2) is 84.7 Å². The van der Waals surface area contributed by atoms with Crippen molar-refractivity contribution in [3.63, 3.8) is 0 Å². The van der Waals surface area contributed by atoms with Crippen molar-refractivity contribution >= 4 is 44.7 Å². The normalized spacial score (nSPS) is 14.7. The molecule has 17 heteroatoms. The Kier molecular flexibility index (Phi) is 13.4. The third-order valence-corrected chi connectivity index (χ3v) is 11.1. The summed E-state index contributed by atoms with van der Waals surface area (Å²) >= 11 is 6.37. The number of alkyl carbamates (subject to hydrolysis) is 2. The SMILES string of the molecule is CC(C)(C)OC(=O)NCCCn1cc(-c2ccc(OC(F)(F)F)cc2CNC(=O)OC(C)(C)C)c2cc(S(=O)(=O)N3CCN(Cc4ccccc4Cl)CC3)ccc21. The fourth-order valence-electron chi connectivity index (χ4n) is 6.39. The predicted molar refractivity (Wildman–Crippen MR) is 211 cm³/mol. The van der Waals surface area contributed by atoms with E-state index in [2.05, 4.69) is 20.3 Å². The molecular weight excluding hydrogens is 787 g/mol. The number of amides is 2. The first-order valence-electron chi connectivity index (χ1n) is 18.5. The van der Waals surface area contributed by atoms with Gasteiger partial charge in [0.05, 0.1) is 4.90 Å². The summed E-state index contributed by atoms with van der Waals surface area (Å²) in [7, 11) is -3.98. The van der Waals surface area contributed by atoms with Crippen LogP contribution < -0.4 is 15.4 Å². The van der Waals surface area contributed by atoms with E-state index in [4.69, 9.17) is 21.1 Å². The quantitative estimate of drug-likeness (QED) is 0.136. The summed E-state index contributed by atoms with van der Waals surface area (Å²) in [5, 5.41) is 6.50. The maximum atomic E-state index is 14.2. The van der Waals surface area contributed by atoms with Gasteiger partial charge in [0, 0.05) is 80.0 Å². The molecule has 0 radical (unpaired) electrons. The van der Waals surface area contributed by atoms with Crippen molar-refractivity contribution in [2.75, 3.05) is 32.7 Å². The summed E-state index contributed by atoms with van der Waals surface area (Å²) in [5.74, 6) is -0.499. The minimum absolute atomic E-state index is 0.0469. The highest BCUT2D eigenvalue weighted by atomic mass is 35.5. The van der Waals surface area contributed by atoms with Gasteiger partial charge in [0.2, 0.25) is 10.0 Å². The third-order valence-electron chi connectivity index (χ3n) is 8.84. The number of piperazine rings is 1. The Morgan fingerprint density at radius 3 is 2.09 bits per heavy atom. The minimum Gasteiger partial charge on any atom is -0.444 e. The van der Waals surface area contributed by atoms with Crippen molar-refractivity contribution < 1.29 is 45.4 Å². The summed E-state index contributed by atoms with van der Waals surface area (Å²) in [6.45, 7) is 12.8. The molecule has 57 heavy (non-hydrogen) atoms. The number of aryl methyl sites for hydroxylation is 1. The Bertz CT molecular complexity index is 2170. The number of alkyl halides is 3. The monoisotopic (exact) mass is 835 g/mol. The average molecular weight is 836 g/mol. The van der Waals surface area contributed by atoms with Crippen molar-refractivity contribution in [3.8, 4) is 16.9 Å². The number of carbonyl (C=O) groups is 2. The van der Waals surface area contributed by atoms with E-state index < -0.39 is 45.5 Å². The predicted octanol–water partition coefficient (Wildman–Crippen LogP) is 8.31. The minimum atomic E-state index is -4.97. The number of fused-ring (bicyclic) bond motifs is 1. The maximum Gasteiger partial charge on any atom is 0.573 e. The lowest BCUT2D eigenvalue weighted by molar-refractivity contribution is -0.274. The van der Waals surface area contributed by atoms with Gasteiger partial charge in [-0.3, -0.25) is 4.90 Å². The zero-order chi connectivity index (χ0) is 41.8. The fraction of sp³-hybridized carbons (Fsp3) is 0.450. The van der Waals surface area contributed by atoms with Crippen molar-refractivity contribution in [1.82, 2.24) is 24.4 Å². The van der Waals surface area contributed by atoms with Crippen LogP contribution in [0, 0.1) is 0 Å². The highest BCUT2D eigenvalue weighted by Gasteiger charge is 2.32. The van der Waals surface area contributed by atoms with Crippen LogP contribution in [0.4, 0.5) is 22.8 Å². The number of aromatic nitrogens is 1. The number of sulfonamides is 1. The smallest absolute Gasteiger partial charge is 0.444 e. The van der Waals surface area contributed by atoms with E-state index in [0.717, 1.165) is 11.6 Å². The zero-order valence-corrected chi connectivity index (χ0v) is 34.4. The van der Waals surface area contributed by atoms with E-state index in [-0.39, 0.29) is 36.6 Å². The lowest BCUT2D eigenvalue weighted by atomic mass is 9.98. The second-order valence-electron chi connectivity index (χ2n) is 15.7. The van der Waals surface area contributed by atoms with Crippen LogP contribution in [0.2, 0.25) is 5.02 Å². The Morgan fingerprint density at radius 2 is 1.46 bits per heavy atom. The number of ether oxygens (including phenoxy) is 3. The molecule has 2 amide bonds. The van der Waals surface area contributed by atoms with Gasteiger partial charge in [-0.05, 0) is 101 Å². The maximum absolute atomic E-state index is 14.2. The van der Waals surface area contributed by atoms with Crippen molar-refractivity contribution in [2.24, 2.45) is 0 Å². The number of hydrogen-bond donors (Lipinski definition) is 2. The van der Waals surface area contributed by atoms with Gasteiger partial charge < -0.3 is 29.4 Å². The summed E-state index contributed by atoms with van der Waals surface area (Å²) in [6, 6.07) is 16.1. The van der Waals surface area contributed by atoms with E-state index in [1.165, 1.54) is 22.5 Å².